The maximum atomic E-state index is 12.6. The molecule has 0 atom stereocenters. The molecule has 1 amide bonds. The van der Waals surface area contributed by atoms with Gasteiger partial charge in [-0.1, -0.05) is 60.3 Å². The summed E-state index contributed by atoms with van der Waals surface area (Å²) >= 11 is 1.55. The smallest absolute Gasteiger partial charge is 0.252 e. The van der Waals surface area contributed by atoms with Gasteiger partial charge in [0.05, 0.1) is 5.57 Å². The quantitative estimate of drug-likeness (QED) is 0.653. The van der Waals surface area contributed by atoms with Gasteiger partial charge in [0, 0.05) is 10.4 Å². The van der Waals surface area contributed by atoms with Crippen molar-refractivity contribution >= 4 is 23.2 Å². The first-order valence-electron chi connectivity index (χ1n) is 7.25. The number of thioether (sulfide) groups is 1. The Hall–Kier alpha value is -2.00. The molecule has 22 heavy (non-hydrogen) atoms. The van der Waals surface area contributed by atoms with E-state index in [0.717, 1.165) is 10.5 Å². The topological polar surface area (TPSA) is 29.1 Å². The number of nitrogens with one attached hydrogen (secondary N) is 1. The van der Waals surface area contributed by atoms with E-state index in [-0.39, 0.29) is 11.4 Å². The number of benzene rings is 2. The fourth-order valence-corrected chi connectivity index (χ4v) is 2.72. The number of carbonyl (C=O) groups is 1. The largest absolute Gasteiger partial charge is 0.347 e. The summed E-state index contributed by atoms with van der Waals surface area (Å²) < 4.78 is 0. The lowest BCUT2D eigenvalue weighted by atomic mass is 10.0. The summed E-state index contributed by atoms with van der Waals surface area (Å²) in [6.45, 7) is 5.95. The molecule has 1 N–H and O–H groups in total. The van der Waals surface area contributed by atoms with Crippen LogP contribution in [0.4, 0.5) is 0 Å². The summed E-state index contributed by atoms with van der Waals surface area (Å²) in [5, 5.41) is 4.96. The monoisotopic (exact) mass is 311 g/mol. The highest BCUT2D eigenvalue weighted by atomic mass is 32.2. The minimum absolute atomic E-state index is 0.0536. The average Bonchev–Trinajstić information content (AvgIpc) is 2.48. The van der Waals surface area contributed by atoms with Crippen LogP contribution < -0.4 is 5.32 Å². The number of carbonyl (C=O) groups excluding carboxylic acids is 1. The standard InChI is InChI=1S/C19H21NOS/c1-19(2,3)20-18(21)17(15-10-6-4-7-11-15)14-22-16-12-8-5-9-13-16/h4-14H,1-3H3,(H,20,21). The fourth-order valence-electron chi connectivity index (χ4n) is 1.90. The number of amides is 1. The average molecular weight is 311 g/mol. The molecule has 2 rings (SSSR count). The molecule has 0 unspecified atom stereocenters. The molecular weight excluding hydrogens is 290 g/mol. The van der Waals surface area contributed by atoms with Crippen molar-refractivity contribution in [3.05, 3.63) is 71.6 Å². The van der Waals surface area contributed by atoms with Crippen LogP contribution in [0.3, 0.4) is 0 Å². The molecule has 0 heterocycles. The number of rotatable bonds is 4. The number of hydrogen-bond donors (Lipinski definition) is 1. The van der Waals surface area contributed by atoms with Crippen LogP contribution in [0.15, 0.2) is 71.0 Å². The van der Waals surface area contributed by atoms with Gasteiger partial charge in [0.25, 0.3) is 5.91 Å². The molecule has 0 aliphatic rings. The summed E-state index contributed by atoms with van der Waals surface area (Å²) in [4.78, 5) is 13.7. The Bertz CT molecular complexity index is 642. The molecule has 0 aliphatic carbocycles. The lowest BCUT2D eigenvalue weighted by Gasteiger charge is -2.21. The second-order valence-electron chi connectivity index (χ2n) is 6.03. The van der Waals surface area contributed by atoms with Crippen LogP contribution in [0, 0.1) is 0 Å². The first kappa shape index (κ1) is 16.4. The van der Waals surface area contributed by atoms with E-state index >= 15 is 0 Å². The molecule has 2 nitrogen and oxygen atoms in total. The molecule has 0 aromatic heterocycles. The molecule has 0 saturated carbocycles. The molecule has 0 bridgehead atoms. The van der Waals surface area contributed by atoms with Gasteiger partial charge in [-0.25, -0.2) is 0 Å². The van der Waals surface area contributed by atoms with Gasteiger partial charge in [0.2, 0.25) is 0 Å². The van der Waals surface area contributed by atoms with Crippen LogP contribution in [0.1, 0.15) is 26.3 Å². The van der Waals surface area contributed by atoms with Crippen LogP contribution >= 0.6 is 11.8 Å². The van der Waals surface area contributed by atoms with Gasteiger partial charge in [0.15, 0.2) is 0 Å². The van der Waals surface area contributed by atoms with Gasteiger partial charge in [-0.15, -0.1) is 0 Å². The molecule has 0 aliphatic heterocycles. The van der Waals surface area contributed by atoms with E-state index in [1.807, 2.05) is 86.8 Å². The molecule has 0 saturated heterocycles. The number of hydrogen-bond acceptors (Lipinski definition) is 2. The zero-order valence-electron chi connectivity index (χ0n) is 13.2. The molecule has 0 radical (unpaired) electrons. The van der Waals surface area contributed by atoms with Crippen molar-refractivity contribution < 1.29 is 4.79 Å². The molecular formula is C19H21NOS. The highest BCUT2D eigenvalue weighted by Gasteiger charge is 2.18. The van der Waals surface area contributed by atoms with Gasteiger partial charge < -0.3 is 5.32 Å². The Labute approximate surface area is 136 Å². The lowest BCUT2D eigenvalue weighted by molar-refractivity contribution is -0.116. The van der Waals surface area contributed by atoms with Crippen LogP contribution in [0.5, 0.6) is 0 Å². The van der Waals surface area contributed by atoms with E-state index < -0.39 is 0 Å². The van der Waals surface area contributed by atoms with Crippen molar-refractivity contribution in [1.82, 2.24) is 5.32 Å². The molecule has 2 aromatic carbocycles. The predicted molar refractivity (Wildman–Crippen MR) is 94.6 cm³/mol. The molecule has 114 valence electrons. The van der Waals surface area contributed by atoms with Gasteiger partial charge in [0.1, 0.15) is 0 Å². The minimum Gasteiger partial charge on any atom is -0.347 e. The second kappa shape index (κ2) is 7.32. The van der Waals surface area contributed by atoms with Crippen LogP contribution in [-0.4, -0.2) is 11.4 Å². The van der Waals surface area contributed by atoms with Crippen LogP contribution in [-0.2, 0) is 4.79 Å². The molecule has 0 fully saturated rings. The van der Waals surface area contributed by atoms with Gasteiger partial charge in [-0.3, -0.25) is 4.79 Å². The van der Waals surface area contributed by atoms with Crippen molar-refractivity contribution in [2.24, 2.45) is 0 Å². The summed E-state index contributed by atoms with van der Waals surface area (Å²) in [7, 11) is 0. The highest BCUT2D eigenvalue weighted by Crippen LogP contribution is 2.25. The SMILES string of the molecule is CC(C)(C)NC(=O)C(=CSc1ccccc1)c1ccccc1. The maximum Gasteiger partial charge on any atom is 0.252 e. The third-order valence-corrected chi connectivity index (χ3v) is 3.77. The summed E-state index contributed by atoms with van der Waals surface area (Å²) in [5.41, 5.74) is 1.35. The fraction of sp³-hybridized carbons (Fsp3) is 0.211. The normalized spacial score (nSPS) is 12.0. The van der Waals surface area contributed by atoms with E-state index in [1.165, 1.54) is 0 Å². The molecule has 2 aromatic rings. The Balaban J connectivity index is 2.27. The zero-order valence-corrected chi connectivity index (χ0v) is 14.0. The lowest BCUT2D eigenvalue weighted by Crippen LogP contribution is -2.40. The first-order valence-corrected chi connectivity index (χ1v) is 8.13. The summed E-state index contributed by atoms with van der Waals surface area (Å²) in [6, 6.07) is 19.8. The Morgan fingerprint density at radius 1 is 0.955 bits per heavy atom. The van der Waals surface area contributed by atoms with E-state index in [0.29, 0.717) is 5.57 Å². The van der Waals surface area contributed by atoms with Crippen molar-refractivity contribution in [3.63, 3.8) is 0 Å². The van der Waals surface area contributed by atoms with Gasteiger partial charge in [-0.2, -0.15) is 0 Å². The Morgan fingerprint density at radius 2 is 1.50 bits per heavy atom. The first-order chi connectivity index (χ1) is 10.5. The molecule has 3 heteroatoms. The Kier molecular flexibility index (Phi) is 5.45. The summed E-state index contributed by atoms with van der Waals surface area (Å²) in [5.74, 6) is -0.0536. The van der Waals surface area contributed by atoms with Gasteiger partial charge >= 0.3 is 0 Å². The second-order valence-corrected chi connectivity index (χ2v) is 6.98. The highest BCUT2D eigenvalue weighted by molar-refractivity contribution is 8.02. The van der Waals surface area contributed by atoms with Crippen molar-refractivity contribution in [2.75, 3.05) is 0 Å². The van der Waals surface area contributed by atoms with E-state index in [4.69, 9.17) is 0 Å². The summed E-state index contributed by atoms with van der Waals surface area (Å²) in [6.07, 6.45) is 0. The van der Waals surface area contributed by atoms with Crippen molar-refractivity contribution in [2.45, 2.75) is 31.2 Å². The van der Waals surface area contributed by atoms with Gasteiger partial charge in [-0.05, 0) is 43.9 Å². The third-order valence-electron chi connectivity index (χ3n) is 2.87. The minimum atomic E-state index is -0.262. The van der Waals surface area contributed by atoms with Crippen molar-refractivity contribution in [1.29, 1.82) is 0 Å². The van der Waals surface area contributed by atoms with E-state index in [9.17, 15) is 4.79 Å². The van der Waals surface area contributed by atoms with Crippen molar-refractivity contribution in [3.8, 4) is 0 Å². The predicted octanol–water partition coefficient (Wildman–Crippen LogP) is 4.73. The third kappa shape index (κ3) is 5.08. The zero-order chi connectivity index (χ0) is 16.0. The van der Waals surface area contributed by atoms with Crippen LogP contribution in [0.2, 0.25) is 0 Å². The molecule has 0 spiro atoms. The van der Waals surface area contributed by atoms with E-state index in [1.54, 1.807) is 11.8 Å². The van der Waals surface area contributed by atoms with E-state index in [2.05, 4.69) is 5.32 Å². The van der Waals surface area contributed by atoms with Crippen LogP contribution in [0.25, 0.3) is 5.57 Å². The maximum absolute atomic E-state index is 12.6. The Morgan fingerprint density at radius 3 is 2.05 bits per heavy atom.